The van der Waals surface area contributed by atoms with E-state index in [1.807, 2.05) is 58.8 Å². The summed E-state index contributed by atoms with van der Waals surface area (Å²) in [5.74, 6) is 1.22. The van der Waals surface area contributed by atoms with Gasteiger partial charge in [-0.25, -0.2) is 0 Å². The number of hydrogen-bond donors (Lipinski definition) is 0. The predicted molar refractivity (Wildman–Crippen MR) is 118 cm³/mol. The molecule has 30 heavy (non-hydrogen) atoms. The van der Waals surface area contributed by atoms with Crippen molar-refractivity contribution in [3.8, 4) is 6.07 Å². The number of amides is 1. The first-order valence-electron chi connectivity index (χ1n) is 10.1. The number of piperazine rings is 1. The standard InChI is InChI=1S/C21H29N7OS/c1-16(2)28-20(25(3)4)23-24-21(28)30-15-19(29)27-12-10-26(11-13-27)18(14-22)17-8-6-5-7-9-17/h5-9,16,18H,10-13,15H2,1-4H3/t18-/m0/s1. The highest BCUT2D eigenvalue weighted by Gasteiger charge is 2.27. The molecule has 2 heterocycles. The third-order valence-corrected chi connectivity index (χ3v) is 6.09. The quantitative estimate of drug-likeness (QED) is 0.628. The maximum Gasteiger partial charge on any atom is 0.233 e. The number of hydrogen-bond acceptors (Lipinski definition) is 7. The highest BCUT2D eigenvalue weighted by Crippen LogP contribution is 2.26. The van der Waals surface area contributed by atoms with Crippen molar-refractivity contribution in [2.24, 2.45) is 0 Å². The average Bonchev–Trinajstić information content (AvgIpc) is 3.18. The second-order valence-corrected chi connectivity index (χ2v) is 8.73. The van der Waals surface area contributed by atoms with Gasteiger partial charge in [0.05, 0.1) is 11.8 Å². The van der Waals surface area contributed by atoms with Gasteiger partial charge in [0.15, 0.2) is 5.16 Å². The highest BCUT2D eigenvalue weighted by atomic mass is 32.2. The van der Waals surface area contributed by atoms with Crippen LogP contribution in [-0.2, 0) is 4.79 Å². The second-order valence-electron chi connectivity index (χ2n) is 7.79. The molecule has 1 aromatic heterocycles. The van der Waals surface area contributed by atoms with Crippen molar-refractivity contribution in [2.75, 3.05) is 50.9 Å². The molecule has 0 bridgehead atoms. The molecule has 0 radical (unpaired) electrons. The number of thioether (sulfide) groups is 1. The Bertz CT molecular complexity index is 883. The molecule has 1 aliphatic heterocycles. The number of carbonyl (C=O) groups excluding carboxylic acids is 1. The number of carbonyl (C=O) groups is 1. The lowest BCUT2D eigenvalue weighted by atomic mass is 10.1. The summed E-state index contributed by atoms with van der Waals surface area (Å²) in [6, 6.07) is 12.2. The minimum absolute atomic E-state index is 0.0950. The molecule has 0 N–H and O–H groups in total. The second kappa shape index (κ2) is 9.96. The summed E-state index contributed by atoms with van der Waals surface area (Å²) in [5.41, 5.74) is 1.00. The van der Waals surface area contributed by atoms with Crippen LogP contribution in [0.5, 0.6) is 0 Å². The normalized spacial score (nSPS) is 15.8. The SMILES string of the molecule is CC(C)n1c(SCC(=O)N2CCN([C@@H](C#N)c3ccccc3)CC2)nnc1N(C)C. The van der Waals surface area contributed by atoms with Crippen LogP contribution < -0.4 is 4.90 Å². The van der Waals surface area contributed by atoms with Gasteiger partial charge in [0, 0.05) is 46.3 Å². The Kier molecular flexibility index (Phi) is 7.34. The van der Waals surface area contributed by atoms with Gasteiger partial charge in [-0.2, -0.15) is 5.26 Å². The fraction of sp³-hybridized carbons (Fsp3) is 0.524. The summed E-state index contributed by atoms with van der Waals surface area (Å²) in [7, 11) is 3.87. The molecule has 3 rings (SSSR count). The van der Waals surface area contributed by atoms with E-state index in [4.69, 9.17) is 0 Å². The third kappa shape index (κ3) is 4.94. The molecule has 1 saturated heterocycles. The smallest absolute Gasteiger partial charge is 0.233 e. The lowest BCUT2D eigenvalue weighted by molar-refractivity contribution is -0.130. The van der Waals surface area contributed by atoms with Gasteiger partial charge in [0.1, 0.15) is 6.04 Å². The molecule has 9 heteroatoms. The first-order chi connectivity index (χ1) is 14.4. The van der Waals surface area contributed by atoms with Gasteiger partial charge in [0.2, 0.25) is 11.9 Å². The Balaban J connectivity index is 1.56. The van der Waals surface area contributed by atoms with Gasteiger partial charge in [-0.15, -0.1) is 10.2 Å². The van der Waals surface area contributed by atoms with Gasteiger partial charge in [-0.3, -0.25) is 14.3 Å². The number of anilines is 1. The van der Waals surface area contributed by atoms with Gasteiger partial charge in [-0.1, -0.05) is 42.1 Å². The maximum absolute atomic E-state index is 12.8. The molecular weight excluding hydrogens is 398 g/mol. The molecule has 160 valence electrons. The minimum atomic E-state index is -0.271. The van der Waals surface area contributed by atoms with Crippen LogP contribution in [0.3, 0.4) is 0 Å². The summed E-state index contributed by atoms with van der Waals surface area (Å²) in [4.78, 5) is 18.7. The van der Waals surface area contributed by atoms with E-state index in [-0.39, 0.29) is 18.0 Å². The van der Waals surface area contributed by atoms with Crippen molar-refractivity contribution in [2.45, 2.75) is 31.1 Å². The average molecular weight is 428 g/mol. The molecule has 1 aliphatic rings. The largest absolute Gasteiger partial charge is 0.347 e. The van der Waals surface area contributed by atoms with Crippen LogP contribution in [0, 0.1) is 11.3 Å². The zero-order valence-corrected chi connectivity index (χ0v) is 18.8. The monoisotopic (exact) mass is 427 g/mol. The van der Waals surface area contributed by atoms with Crippen LogP contribution in [0.2, 0.25) is 0 Å². The van der Waals surface area contributed by atoms with E-state index < -0.39 is 0 Å². The third-order valence-electron chi connectivity index (χ3n) is 5.16. The van der Waals surface area contributed by atoms with Crippen molar-refractivity contribution < 1.29 is 4.79 Å². The van der Waals surface area contributed by atoms with Crippen LogP contribution in [0.25, 0.3) is 0 Å². The van der Waals surface area contributed by atoms with Gasteiger partial charge in [0.25, 0.3) is 0 Å². The summed E-state index contributed by atoms with van der Waals surface area (Å²) in [5, 5.41) is 18.9. The number of rotatable bonds is 7. The Morgan fingerprint density at radius 3 is 2.40 bits per heavy atom. The van der Waals surface area contributed by atoms with E-state index in [1.165, 1.54) is 11.8 Å². The fourth-order valence-electron chi connectivity index (χ4n) is 3.57. The van der Waals surface area contributed by atoms with Crippen LogP contribution in [0.15, 0.2) is 35.5 Å². The first kappa shape index (κ1) is 22.1. The van der Waals surface area contributed by atoms with Crippen LogP contribution in [-0.4, -0.2) is 76.5 Å². The van der Waals surface area contributed by atoms with Crippen molar-refractivity contribution in [1.82, 2.24) is 24.6 Å². The van der Waals surface area contributed by atoms with E-state index in [0.717, 1.165) is 16.7 Å². The summed E-state index contributed by atoms with van der Waals surface area (Å²) >= 11 is 1.43. The molecule has 0 unspecified atom stereocenters. The van der Waals surface area contributed by atoms with Crippen LogP contribution >= 0.6 is 11.8 Å². The summed E-state index contributed by atoms with van der Waals surface area (Å²) in [6.45, 7) is 6.81. The fourth-order valence-corrected chi connectivity index (χ4v) is 4.54. The van der Waals surface area contributed by atoms with Crippen molar-refractivity contribution >= 4 is 23.6 Å². The van der Waals surface area contributed by atoms with Crippen molar-refractivity contribution in [3.63, 3.8) is 0 Å². The van der Waals surface area contributed by atoms with E-state index in [1.54, 1.807) is 0 Å². The molecule has 0 saturated carbocycles. The molecule has 1 amide bonds. The van der Waals surface area contributed by atoms with Crippen LogP contribution in [0.1, 0.15) is 31.5 Å². The molecule has 0 aliphatic carbocycles. The molecule has 0 spiro atoms. The Labute approximate surface area is 182 Å². The number of aromatic nitrogens is 3. The van der Waals surface area contributed by atoms with Gasteiger partial charge >= 0.3 is 0 Å². The lowest BCUT2D eigenvalue weighted by Gasteiger charge is -2.37. The Hall–Kier alpha value is -2.57. The zero-order valence-electron chi connectivity index (χ0n) is 18.0. The van der Waals surface area contributed by atoms with Crippen LogP contribution in [0.4, 0.5) is 5.95 Å². The van der Waals surface area contributed by atoms with E-state index in [2.05, 4.69) is 35.0 Å². The molecule has 1 aromatic carbocycles. The molecular formula is C21H29N7OS. The number of nitrogens with zero attached hydrogens (tertiary/aromatic N) is 7. The summed E-state index contributed by atoms with van der Waals surface area (Å²) in [6.07, 6.45) is 0. The number of benzene rings is 1. The predicted octanol–water partition coefficient (Wildman–Crippen LogP) is 2.43. The highest BCUT2D eigenvalue weighted by molar-refractivity contribution is 7.99. The van der Waals surface area contributed by atoms with E-state index in [9.17, 15) is 10.1 Å². The first-order valence-corrected chi connectivity index (χ1v) is 11.1. The van der Waals surface area contributed by atoms with Crippen molar-refractivity contribution in [1.29, 1.82) is 5.26 Å². The number of nitriles is 1. The molecule has 8 nitrogen and oxygen atoms in total. The minimum Gasteiger partial charge on any atom is -0.347 e. The Morgan fingerprint density at radius 2 is 1.83 bits per heavy atom. The molecule has 1 atom stereocenters. The maximum atomic E-state index is 12.8. The topological polar surface area (TPSA) is 81.3 Å². The lowest BCUT2D eigenvalue weighted by Crippen LogP contribution is -2.50. The van der Waals surface area contributed by atoms with E-state index >= 15 is 0 Å². The van der Waals surface area contributed by atoms with Crippen molar-refractivity contribution in [3.05, 3.63) is 35.9 Å². The van der Waals surface area contributed by atoms with E-state index in [0.29, 0.717) is 31.9 Å². The zero-order chi connectivity index (χ0) is 21.7. The Morgan fingerprint density at radius 1 is 1.17 bits per heavy atom. The summed E-state index contributed by atoms with van der Waals surface area (Å²) < 4.78 is 2.05. The van der Waals surface area contributed by atoms with Gasteiger partial charge in [-0.05, 0) is 19.4 Å². The van der Waals surface area contributed by atoms with Gasteiger partial charge < -0.3 is 9.80 Å². The molecule has 1 fully saturated rings. The molecule has 2 aromatic rings.